The first-order valence-electron chi connectivity index (χ1n) is 7.17. The number of rotatable bonds is 4. The maximum absolute atomic E-state index is 12.5. The van der Waals surface area contributed by atoms with E-state index in [0.717, 1.165) is 0 Å². The fourth-order valence-electron chi connectivity index (χ4n) is 2.53. The van der Waals surface area contributed by atoms with Gasteiger partial charge < -0.3 is 0 Å². The molecule has 6 nitrogen and oxygen atoms in total. The van der Waals surface area contributed by atoms with Gasteiger partial charge in [-0.3, -0.25) is 9.03 Å². The molecule has 0 aliphatic carbocycles. The fourth-order valence-corrected chi connectivity index (χ4v) is 6.14. The average molecular weight is 431 g/mol. The molecule has 0 aromatic heterocycles. The predicted octanol–water partition coefficient (Wildman–Crippen LogP) is 2.79. The number of nitrogens with one attached hydrogen (secondary N) is 1. The largest absolute Gasteiger partial charge is 0.280 e. The van der Waals surface area contributed by atoms with E-state index in [1.54, 1.807) is 36.4 Å². The first-order valence-corrected chi connectivity index (χ1v) is 11.1. The highest BCUT2D eigenvalue weighted by Crippen LogP contribution is 2.28. The zero-order chi connectivity index (χ0) is 17.4. The molecule has 1 saturated heterocycles. The van der Waals surface area contributed by atoms with Crippen LogP contribution in [0.1, 0.15) is 6.42 Å². The van der Waals surface area contributed by atoms with Crippen molar-refractivity contribution in [1.82, 2.24) is 0 Å². The summed E-state index contributed by atoms with van der Waals surface area (Å²) in [4.78, 5) is 0.115. The van der Waals surface area contributed by atoms with Crippen molar-refractivity contribution in [1.29, 1.82) is 0 Å². The van der Waals surface area contributed by atoms with Crippen molar-refractivity contribution in [2.24, 2.45) is 0 Å². The maximum Gasteiger partial charge on any atom is 0.263 e. The molecule has 2 aromatic carbocycles. The topological polar surface area (TPSA) is 83.6 Å². The van der Waals surface area contributed by atoms with E-state index < -0.39 is 20.0 Å². The van der Waals surface area contributed by atoms with Crippen LogP contribution in [-0.2, 0) is 20.0 Å². The van der Waals surface area contributed by atoms with Gasteiger partial charge in [0.05, 0.1) is 17.1 Å². The van der Waals surface area contributed by atoms with Crippen LogP contribution >= 0.6 is 15.9 Å². The lowest BCUT2D eigenvalue weighted by Crippen LogP contribution is -2.25. The number of halogens is 1. The van der Waals surface area contributed by atoms with Crippen molar-refractivity contribution in [2.45, 2.75) is 11.3 Å². The zero-order valence-electron chi connectivity index (χ0n) is 12.5. The first kappa shape index (κ1) is 17.2. The van der Waals surface area contributed by atoms with Crippen LogP contribution in [0.5, 0.6) is 0 Å². The molecule has 1 aliphatic rings. The van der Waals surface area contributed by atoms with Crippen LogP contribution in [0, 0.1) is 0 Å². The highest BCUT2D eigenvalue weighted by molar-refractivity contribution is 9.10. The van der Waals surface area contributed by atoms with Crippen LogP contribution < -0.4 is 9.03 Å². The molecule has 0 atom stereocenters. The monoisotopic (exact) mass is 430 g/mol. The third-order valence-electron chi connectivity index (χ3n) is 3.61. The summed E-state index contributed by atoms with van der Waals surface area (Å²) < 4.78 is 53.3. The summed E-state index contributed by atoms with van der Waals surface area (Å²) in [5.41, 5.74) is 0.769. The van der Waals surface area contributed by atoms with E-state index in [2.05, 4.69) is 20.7 Å². The van der Waals surface area contributed by atoms with Crippen LogP contribution in [0.3, 0.4) is 0 Å². The minimum Gasteiger partial charge on any atom is -0.280 e. The Morgan fingerprint density at radius 1 is 1.08 bits per heavy atom. The molecular weight excluding hydrogens is 416 g/mol. The van der Waals surface area contributed by atoms with E-state index in [0.29, 0.717) is 28.8 Å². The van der Waals surface area contributed by atoms with Gasteiger partial charge in [0.1, 0.15) is 4.90 Å². The van der Waals surface area contributed by atoms with E-state index in [-0.39, 0.29) is 10.6 Å². The third kappa shape index (κ3) is 3.42. The molecule has 1 aliphatic heterocycles. The second-order valence-corrected chi connectivity index (χ2v) is 9.85. The SMILES string of the molecule is O=S(=O)(Nc1cccc(N2CCCS2(=O)=O)c1)c1ccccc1Br. The Hall–Kier alpha value is -1.58. The Labute approximate surface area is 149 Å². The molecular formula is C15H15BrN2O4S2. The summed E-state index contributed by atoms with van der Waals surface area (Å²) in [7, 11) is -7.09. The summed E-state index contributed by atoms with van der Waals surface area (Å²) in [5, 5.41) is 0. The van der Waals surface area contributed by atoms with Crippen LogP contribution in [0.2, 0.25) is 0 Å². The van der Waals surface area contributed by atoms with E-state index in [4.69, 9.17) is 0 Å². The number of sulfonamides is 2. The standard InChI is InChI=1S/C15H15BrN2O4S2/c16-14-7-1-2-8-15(14)24(21,22)17-12-5-3-6-13(11-12)18-9-4-10-23(18,19)20/h1-3,5-8,11,17H,4,9-10H2. The minimum atomic E-state index is -3.78. The molecule has 2 aromatic rings. The van der Waals surface area contributed by atoms with E-state index in [1.165, 1.54) is 16.4 Å². The second kappa shape index (κ2) is 6.38. The van der Waals surface area contributed by atoms with Gasteiger partial charge in [-0.1, -0.05) is 18.2 Å². The average Bonchev–Trinajstić information content (AvgIpc) is 2.86. The molecule has 9 heteroatoms. The summed E-state index contributed by atoms with van der Waals surface area (Å²) in [6.07, 6.45) is 0.565. The molecule has 0 amide bonds. The van der Waals surface area contributed by atoms with Gasteiger partial charge in [-0.25, -0.2) is 16.8 Å². The summed E-state index contributed by atoms with van der Waals surface area (Å²) in [5.74, 6) is 0.111. The Morgan fingerprint density at radius 2 is 1.83 bits per heavy atom. The van der Waals surface area contributed by atoms with Crippen molar-refractivity contribution in [2.75, 3.05) is 21.3 Å². The second-order valence-electron chi connectivity index (χ2n) is 5.33. The highest BCUT2D eigenvalue weighted by Gasteiger charge is 2.28. The molecule has 0 radical (unpaired) electrons. The van der Waals surface area contributed by atoms with Crippen LogP contribution in [-0.4, -0.2) is 29.1 Å². The van der Waals surface area contributed by atoms with Crippen molar-refractivity contribution in [3.05, 3.63) is 53.0 Å². The lowest BCUT2D eigenvalue weighted by Gasteiger charge is -2.18. The van der Waals surface area contributed by atoms with Crippen molar-refractivity contribution < 1.29 is 16.8 Å². The van der Waals surface area contributed by atoms with Gasteiger partial charge in [0, 0.05) is 11.0 Å². The molecule has 1 fully saturated rings. The Bertz CT molecular complexity index is 974. The molecule has 0 spiro atoms. The number of hydrogen-bond donors (Lipinski definition) is 1. The van der Waals surface area contributed by atoms with Gasteiger partial charge in [-0.2, -0.15) is 0 Å². The van der Waals surface area contributed by atoms with Crippen molar-refractivity contribution in [3.8, 4) is 0 Å². The van der Waals surface area contributed by atoms with E-state index >= 15 is 0 Å². The summed E-state index contributed by atoms with van der Waals surface area (Å²) >= 11 is 3.22. The molecule has 0 unspecified atom stereocenters. The van der Waals surface area contributed by atoms with Gasteiger partial charge >= 0.3 is 0 Å². The Morgan fingerprint density at radius 3 is 2.50 bits per heavy atom. The predicted molar refractivity (Wildman–Crippen MR) is 97.1 cm³/mol. The molecule has 1 N–H and O–H groups in total. The van der Waals surface area contributed by atoms with Crippen LogP contribution in [0.15, 0.2) is 57.9 Å². The van der Waals surface area contributed by atoms with Gasteiger partial charge in [0.25, 0.3) is 10.0 Å². The summed E-state index contributed by atoms with van der Waals surface area (Å²) in [6.45, 7) is 0.406. The lowest BCUT2D eigenvalue weighted by molar-refractivity contribution is 0.598. The van der Waals surface area contributed by atoms with Gasteiger partial charge in [0.2, 0.25) is 10.0 Å². The van der Waals surface area contributed by atoms with Gasteiger partial charge in [0.15, 0.2) is 0 Å². The normalized spacial score (nSPS) is 17.0. The van der Waals surface area contributed by atoms with Crippen LogP contribution in [0.4, 0.5) is 11.4 Å². The quantitative estimate of drug-likeness (QED) is 0.807. The van der Waals surface area contributed by atoms with Crippen molar-refractivity contribution in [3.63, 3.8) is 0 Å². The number of nitrogens with zero attached hydrogens (tertiary/aromatic N) is 1. The van der Waals surface area contributed by atoms with Gasteiger partial charge in [-0.05, 0) is 52.7 Å². The number of anilines is 2. The summed E-state index contributed by atoms with van der Waals surface area (Å²) in [6, 6.07) is 12.9. The van der Waals surface area contributed by atoms with Crippen LogP contribution in [0.25, 0.3) is 0 Å². The van der Waals surface area contributed by atoms with Crippen molar-refractivity contribution >= 4 is 47.4 Å². The first-order chi connectivity index (χ1) is 11.3. The molecule has 0 saturated carbocycles. The maximum atomic E-state index is 12.5. The number of benzene rings is 2. The van der Waals surface area contributed by atoms with E-state index in [1.807, 2.05) is 0 Å². The molecule has 24 heavy (non-hydrogen) atoms. The molecule has 1 heterocycles. The minimum absolute atomic E-state index is 0.111. The third-order valence-corrected chi connectivity index (χ3v) is 7.87. The Kier molecular flexibility index (Phi) is 4.58. The van der Waals surface area contributed by atoms with Gasteiger partial charge in [-0.15, -0.1) is 0 Å². The Balaban J connectivity index is 1.92. The highest BCUT2D eigenvalue weighted by atomic mass is 79.9. The fraction of sp³-hybridized carbons (Fsp3) is 0.200. The molecule has 0 bridgehead atoms. The smallest absolute Gasteiger partial charge is 0.263 e. The van der Waals surface area contributed by atoms with E-state index in [9.17, 15) is 16.8 Å². The number of hydrogen-bond acceptors (Lipinski definition) is 4. The molecule has 3 rings (SSSR count). The molecule has 128 valence electrons. The zero-order valence-corrected chi connectivity index (χ0v) is 15.7. The lowest BCUT2D eigenvalue weighted by atomic mass is 10.3.